The molecule has 18 heavy (non-hydrogen) atoms. The fraction of sp³-hybridized carbons (Fsp3) is 0.538. The third-order valence-electron chi connectivity index (χ3n) is 2.97. The highest BCUT2D eigenvalue weighted by Crippen LogP contribution is 2.22. The number of nitrogens with zero attached hydrogens (tertiary/aromatic N) is 1. The summed E-state index contributed by atoms with van der Waals surface area (Å²) >= 11 is 1.41. The number of amides is 1. The van der Waals surface area contributed by atoms with Crippen LogP contribution in [0, 0.1) is 0 Å². The second-order valence-electron chi connectivity index (χ2n) is 4.26. The van der Waals surface area contributed by atoms with Crippen molar-refractivity contribution in [3.8, 4) is 0 Å². The number of hydrogen-bond donors (Lipinski definition) is 0. The van der Waals surface area contributed by atoms with Crippen LogP contribution in [0.25, 0.3) is 0 Å². The van der Waals surface area contributed by atoms with Gasteiger partial charge in [0.25, 0.3) is 5.91 Å². The second kappa shape index (κ2) is 6.00. The molecule has 1 aliphatic heterocycles. The summed E-state index contributed by atoms with van der Waals surface area (Å²) < 4.78 is 4.92. The molecule has 0 aliphatic carbocycles. The van der Waals surface area contributed by atoms with E-state index in [1.54, 1.807) is 6.92 Å². The molecule has 0 bridgehead atoms. The zero-order valence-electron chi connectivity index (χ0n) is 10.5. The van der Waals surface area contributed by atoms with E-state index in [0.717, 1.165) is 31.5 Å². The van der Waals surface area contributed by atoms with Crippen molar-refractivity contribution in [3.63, 3.8) is 0 Å². The van der Waals surface area contributed by atoms with Crippen LogP contribution in [-0.4, -0.2) is 36.5 Å². The lowest BCUT2D eigenvalue weighted by Gasteiger charge is -2.15. The van der Waals surface area contributed by atoms with Crippen LogP contribution < -0.4 is 0 Å². The Morgan fingerprint density at radius 1 is 1.39 bits per heavy atom. The number of carbonyl (C=O) groups is 2. The van der Waals surface area contributed by atoms with E-state index < -0.39 is 0 Å². The molecule has 0 unspecified atom stereocenters. The molecule has 1 fully saturated rings. The SMILES string of the molecule is CCOC(=O)Cc1ccsc1C(=O)N1CCCC1. The van der Waals surface area contributed by atoms with Crippen LogP contribution in [0.1, 0.15) is 35.0 Å². The molecule has 0 saturated carbocycles. The minimum Gasteiger partial charge on any atom is -0.466 e. The average molecular weight is 267 g/mol. The maximum Gasteiger partial charge on any atom is 0.310 e. The quantitative estimate of drug-likeness (QED) is 0.785. The van der Waals surface area contributed by atoms with Gasteiger partial charge in [-0.2, -0.15) is 0 Å². The Balaban J connectivity index is 2.06. The highest BCUT2D eigenvalue weighted by atomic mass is 32.1. The fourth-order valence-electron chi connectivity index (χ4n) is 2.09. The van der Waals surface area contributed by atoms with Gasteiger partial charge in [0.05, 0.1) is 17.9 Å². The van der Waals surface area contributed by atoms with Gasteiger partial charge in [0.1, 0.15) is 0 Å². The molecule has 4 nitrogen and oxygen atoms in total. The molecule has 1 aromatic heterocycles. The summed E-state index contributed by atoms with van der Waals surface area (Å²) in [7, 11) is 0. The number of thiophene rings is 1. The molecule has 5 heteroatoms. The molecule has 98 valence electrons. The topological polar surface area (TPSA) is 46.6 Å². The largest absolute Gasteiger partial charge is 0.466 e. The second-order valence-corrected chi connectivity index (χ2v) is 5.17. The van der Waals surface area contributed by atoms with Gasteiger partial charge in [0.15, 0.2) is 0 Å². The summed E-state index contributed by atoms with van der Waals surface area (Å²) in [6.07, 6.45) is 2.33. The van der Waals surface area contributed by atoms with Gasteiger partial charge in [-0.05, 0) is 36.8 Å². The van der Waals surface area contributed by atoms with Gasteiger partial charge in [-0.3, -0.25) is 9.59 Å². The molecule has 0 N–H and O–H groups in total. The summed E-state index contributed by atoms with van der Waals surface area (Å²) in [5.74, 6) is -0.215. The Labute approximate surface area is 111 Å². The molecule has 0 radical (unpaired) electrons. The summed E-state index contributed by atoms with van der Waals surface area (Å²) in [4.78, 5) is 26.3. The molecule has 0 aromatic carbocycles. The monoisotopic (exact) mass is 267 g/mol. The van der Waals surface area contributed by atoms with Crippen molar-refractivity contribution in [1.29, 1.82) is 0 Å². The van der Waals surface area contributed by atoms with Crippen LogP contribution in [0.15, 0.2) is 11.4 Å². The van der Waals surface area contributed by atoms with E-state index in [1.165, 1.54) is 11.3 Å². The first-order valence-electron chi connectivity index (χ1n) is 6.23. The Morgan fingerprint density at radius 3 is 2.78 bits per heavy atom. The van der Waals surface area contributed by atoms with Crippen LogP contribution in [0.4, 0.5) is 0 Å². The number of esters is 1. The van der Waals surface area contributed by atoms with E-state index in [9.17, 15) is 9.59 Å². The molecule has 2 heterocycles. The highest BCUT2D eigenvalue weighted by Gasteiger charge is 2.23. The summed E-state index contributed by atoms with van der Waals surface area (Å²) in [6, 6.07) is 1.84. The van der Waals surface area contributed by atoms with Crippen molar-refractivity contribution >= 4 is 23.2 Å². The van der Waals surface area contributed by atoms with E-state index >= 15 is 0 Å². The van der Waals surface area contributed by atoms with Crippen molar-refractivity contribution in [1.82, 2.24) is 4.90 Å². The Kier molecular flexibility index (Phi) is 4.36. The first-order valence-corrected chi connectivity index (χ1v) is 7.11. The van der Waals surface area contributed by atoms with Crippen molar-refractivity contribution < 1.29 is 14.3 Å². The minimum atomic E-state index is -0.272. The van der Waals surface area contributed by atoms with Gasteiger partial charge in [0, 0.05) is 13.1 Å². The van der Waals surface area contributed by atoms with E-state index in [1.807, 2.05) is 16.3 Å². The minimum absolute atomic E-state index is 0.0572. The van der Waals surface area contributed by atoms with Crippen molar-refractivity contribution in [2.45, 2.75) is 26.2 Å². The number of hydrogen-bond acceptors (Lipinski definition) is 4. The van der Waals surface area contributed by atoms with Gasteiger partial charge in [-0.25, -0.2) is 0 Å². The van der Waals surface area contributed by atoms with Gasteiger partial charge < -0.3 is 9.64 Å². The lowest BCUT2D eigenvalue weighted by Crippen LogP contribution is -2.27. The lowest BCUT2D eigenvalue weighted by atomic mass is 10.2. The molecular weight excluding hydrogens is 250 g/mol. The zero-order chi connectivity index (χ0) is 13.0. The predicted octanol–water partition coefficient (Wildman–Crippen LogP) is 2.09. The van der Waals surface area contributed by atoms with Crippen LogP contribution >= 0.6 is 11.3 Å². The lowest BCUT2D eigenvalue weighted by molar-refractivity contribution is -0.142. The van der Waals surface area contributed by atoms with E-state index in [-0.39, 0.29) is 18.3 Å². The van der Waals surface area contributed by atoms with Crippen molar-refractivity contribution in [2.24, 2.45) is 0 Å². The van der Waals surface area contributed by atoms with Crippen molar-refractivity contribution in [2.75, 3.05) is 19.7 Å². The van der Waals surface area contributed by atoms with Gasteiger partial charge in [0.2, 0.25) is 0 Å². The predicted molar refractivity (Wildman–Crippen MR) is 69.8 cm³/mol. The number of rotatable bonds is 4. The fourth-order valence-corrected chi connectivity index (χ4v) is 2.98. The Bertz CT molecular complexity index is 435. The zero-order valence-corrected chi connectivity index (χ0v) is 11.3. The van der Waals surface area contributed by atoms with Crippen LogP contribution in [-0.2, 0) is 16.0 Å². The maximum absolute atomic E-state index is 12.3. The summed E-state index contributed by atoms with van der Waals surface area (Å²) in [5.41, 5.74) is 0.787. The van der Waals surface area contributed by atoms with E-state index in [4.69, 9.17) is 4.74 Å². The summed E-state index contributed by atoms with van der Waals surface area (Å²) in [5, 5.41) is 1.86. The van der Waals surface area contributed by atoms with Crippen LogP contribution in [0.3, 0.4) is 0 Å². The Morgan fingerprint density at radius 2 is 2.11 bits per heavy atom. The first-order chi connectivity index (χ1) is 8.72. The number of carbonyl (C=O) groups excluding carboxylic acids is 2. The third-order valence-corrected chi connectivity index (χ3v) is 3.92. The van der Waals surface area contributed by atoms with Crippen LogP contribution in [0.5, 0.6) is 0 Å². The molecule has 0 atom stereocenters. The number of ether oxygens (including phenoxy) is 1. The van der Waals surface area contributed by atoms with Crippen LogP contribution in [0.2, 0.25) is 0 Å². The van der Waals surface area contributed by atoms with E-state index in [2.05, 4.69) is 0 Å². The number of likely N-dealkylation sites (tertiary alicyclic amines) is 1. The summed E-state index contributed by atoms with van der Waals surface area (Å²) in [6.45, 7) is 3.81. The van der Waals surface area contributed by atoms with Gasteiger partial charge in [-0.15, -0.1) is 11.3 Å². The first kappa shape index (κ1) is 13.1. The third kappa shape index (κ3) is 2.90. The molecule has 2 rings (SSSR count). The molecule has 1 amide bonds. The molecule has 1 aliphatic rings. The van der Waals surface area contributed by atoms with Crippen molar-refractivity contribution in [3.05, 3.63) is 21.9 Å². The maximum atomic E-state index is 12.3. The Hall–Kier alpha value is -1.36. The van der Waals surface area contributed by atoms with Gasteiger partial charge in [-0.1, -0.05) is 0 Å². The molecule has 1 aromatic rings. The van der Waals surface area contributed by atoms with Gasteiger partial charge >= 0.3 is 5.97 Å². The van der Waals surface area contributed by atoms with E-state index in [0.29, 0.717) is 11.5 Å². The average Bonchev–Trinajstić information content (AvgIpc) is 2.98. The normalized spacial score (nSPS) is 14.8. The molecule has 1 saturated heterocycles. The molecule has 0 spiro atoms. The standard InChI is InChI=1S/C13H17NO3S/c1-2-17-11(15)9-10-5-8-18-12(10)13(16)14-6-3-4-7-14/h5,8H,2-4,6-7,9H2,1H3. The molecular formula is C13H17NO3S. The smallest absolute Gasteiger partial charge is 0.310 e. The highest BCUT2D eigenvalue weighted by molar-refractivity contribution is 7.12.